The van der Waals surface area contributed by atoms with Gasteiger partial charge in [0, 0.05) is 16.3 Å². The van der Waals surface area contributed by atoms with E-state index in [1.165, 1.54) is 55.8 Å². The fourth-order valence-electron chi connectivity index (χ4n) is 2.54. The normalized spacial score (nSPS) is 11.3. The van der Waals surface area contributed by atoms with Crippen LogP contribution >= 0.6 is 11.6 Å². The van der Waals surface area contributed by atoms with Gasteiger partial charge in [0.25, 0.3) is 15.9 Å². The van der Waals surface area contributed by atoms with Crippen LogP contribution < -0.4 is 14.9 Å². The number of phenols is 1. The Balaban J connectivity index is 1.71. The van der Waals surface area contributed by atoms with Crippen LogP contribution in [0.25, 0.3) is 0 Å². The number of phenolic OH excluding ortho intramolecular Hbond substituents is 1. The number of amides is 1. The molecule has 0 bridgehead atoms. The zero-order chi connectivity index (χ0) is 22.4. The Bertz CT molecular complexity index is 1230. The van der Waals surface area contributed by atoms with Gasteiger partial charge < -0.3 is 9.84 Å². The highest BCUT2D eigenvalue weighted by Gasteiger charge is 2.16. The van der Waals surface area contributed by atoms with Gasteiger partial charge in [-0.3, -0.25) is 9.52 Å². The Hall–Kier alpha value is -3.56. The lowest BCUT2D eigenvalue weighted by molar-refractivity contribution is 0.0955. The molecule has 0 heterocycles. The van der Waals surface area contributed by atoms with E-state index in [1.807, 2.05) is 0 Å². The second-order valence-corrected chi connectivity index (χ2v) is 8.39. The minimum atomic E-state index is -3.91. The van der Waals surface area contributed by atoms with E-state index in [9.17, 15) is 18.3 Å². The molecule has 1 amide bonds. The van der Waals surface area contributed by atoms with Gasteiger partial charge in [0.1, 0.15) is 0 Å². The number of rotatable bonds is 7. The fourth-order valence-corrected chi connectivity index (χ4v) is 3.77. The van der Waals surface area contributed by atoms with Crippen LogP contribution in [-0.4, -0.2) is 32.8 Å². The number of sulfonamides is 1. The molecule has 160 valence electrons. The van der Waals surface area contributed by atoms with Crippen molar-refractivity contribution in [2.24, 2.45) is 5.10 Å². The molecule has 3 aromatic carbocycles. The van der Waals surface area contributed by atoms with Crippen LogP contribution in [0, 0.1) is 0 Å². The molecule has 8 nitrogen and oxygen atoms in total. The third kappa shape index (κ3) is 5.74. The highest BCUT2D eigenvalue weighted by atomic mass is 35.5. The van der Waals surface area contributed by atoms with Crippen LogP contribution in [0.5, 0.6) is 11.5 Å². The lowest BCUT2D eigenvalue weighted by Gasteiger charge is -2.09. The number of halogens is 1. The highest BCUT2D eigenvalue weighted by Crippen LogP contribution is 2.25. The lowest BCUT2D eigenvalue weighted by atomic mass is 10.2. The van der Waals surface area contributed by atoms with Crippen molar-refractivity contribution in [3.05, 3.63) is 82.9 Å². The molecule has 31 heavy (non-hydrogen) atoms. The SMILES string of the molecule is COc1cc(/C=N/NC(=O)c2cccc(S(=O)(=O)Nc3ccc(Cl)cc3)c2)ccc1O. The molecule has 0 saturated carbocycles. The largest absolute Gasteiger partial charge is 0.504 e. The second-order valence-electron chi connectivity index (χ2n) is 6.27. The van der Waals surface area contributed by atoms with E-state index in [0.29, 0.717) is 16.3 Å². The summed E-state index contributed by atoms with van der Waals surface area (Å²) in [5, 5.41) is 13.9. The Morgan fingerprint density at radius 3 is 2.55 bits per heavy atom. The molecule has 0 aromatic heterocycles. The van der Waals surface area contributed by atoms with Crippen molar-refractivity contribution in [1.29, 1.82) is 0 Å². The van der Waals surface area contributed by atoms with Crippen LogP contribution in [0.3, 0.4) is 0 Å². The maximum absolute atomic E-state index is 12.6. The number of hydrazone groups is 1. The zero-order valence-electron chi connectivity index (χ0n) is 16.2. The number of anilines is 1. The van der Waals surface area contributed by atoms with Gasteiger partial charge in [-0.1, -0.05) is 17.7 Å². The molecule has 0 aliphatic heterocycles. The van der Waals surface area contributed by atoms with E-state index in [0.717, 1.165) is 0 Å². The van der Waals surface area contributed by atoms with Crippen molar-refractivity contribution in [2.45, 2.75) is 4.90 Å². The van der Waals surface area contributed by atoms with E-state index in [4.69, 9.17) is 16.3 Å². The number of nitrogens with zero attached hydrogens (tertiary/aromatic N) is 1. The molecule has 3 rings (SSSR count). The van der Waals surface area contributed by atoms with Gasteiger partial charge in [-0.15, -0.1) is 0 Å². The number of aromatic hydroxyl groups is 1. The van der Waals surface area contributed by atoms with E-state index in [2.05, 4.69) is 15.2 Å². The Kier molecular flexibility index (Phi) is 6.78. The van der Waals surface area contributed by atoms with Gasteiger partial charge in [0.2, 0.25) is 0 Å². The summed E-state index contributed by atoms with van der Waals surface area (Å²) in [5.74, 6) is -0.346. The quantitative estimate of drug-likeness (QED) is 0.368. The summed E-state index contributed by atoms with van der Waals surface area (Å²) < 4.78 is 32.7. The molecule has 10 heteroatoms. The molecule has 0 saturated heterocycles. The number of carbonyl (C=O) groups is 1. The third-order valence-corrected chi connectivity index (χ3v) is 5.72. The number of ether oxygens (including phenoxy) is 1. The van der Waals surface area contributed by atoms with Crippen molar-refractivity contribution in [3.63, 3.8) is 0 Å². The second kappa shape index (κ2) is 9.50. The molecular weight excluding hydrogens is 442 g/mol. The first-order valence-electron chi connectivity index (χ1n) is 8.87. The van der Waals surface area contributed by atoms with Crippen LogP contribution in [-0.2, 0) is 10.0 Å². The van der Waals surface area contributed by atoms with Crippen molar-refractivity contribution in [1.82, 2.24) is 5.43 Å². The molecular formula is C21H18ClN3O5S. The summed E-state index contributed by atoms with van der Waals surface area (Å²) >= 11 is 5.81. The number of methoxy groups -OCH3 is 1. The average Bonchev–Trinajstić information content (AvgIpc) is 2.76. The number of nitrogens with one attached hydrogen (secondary N) is 2. The fraction of sp³-hybridized carbons (Fsp3) is 0.0476. The Labute approximate surface area is 184 Å². The van der Waals surface area contributed by atoms with Crippen molar-refractivity contribution in [2.75, 3.05) is 11.8 Å². The molecule has 0 atom stereocenters. The summed E-state index contributed by atoms with van der Waals surface area (Å²) in [6.45, 7) is 0. The lowest BCUT2D eigenvalue weighted by Crippen LogP contribution is -2.19. The molecule has 0 unspecified atom stereocenters. The van der Waals surface area contributed by atoms with Gasteiger partial charge in [-0.05, 0) is 66.2 Å². The summed E-state index contributed by atoms with van der Waals surface area (Å²) in [6.07, 6.45) is 1.36. The third-order valence-electron chi connectivity index (χ3n) is 4.09. The first kappa shape index (κ1) is 22.1. The molecule has 0 aliphatic rings. The molecule has 0 fully saturated rings. The Morgan fingerprint density at radius 1 is 1.10 bits per heavy atom. The molecule has 3 N–H and O–H groups in total. The van der Waals surface area contributed by atoms with Crippen molar-refractivity contribution < 1.29 is 23.1 Å². The van der Waals surface area contributed by atoms with E-state index < -0.39 is 15.9 Å². The van der Waals surface area contributed by atoms with E-state index in [1.54, 1.807) is 24.3 Å². The first-order chi connectivity index (χ1) is 14.8. The predicted octanol–water partition coefficient (Wildman–Crippen LogP) is 3.62. The van der Waals surface area contributed by atoms with Gasteiger partial charge in [0.05, 0.1) is 18.2 Å². The number of carbonyl (C=O) groups excluding carboxylic acids is 1. The predicted molar refractivity (Wildman–Crippen MR) is 118 cm³/mol. The number of hydrogen-bond donors (Lipinski definition) is 3. The standard InChI is InChI=1S/C21H18ClN3O5S/c1-30-20-11-14(5-10-19(20)26)13-23-24-21(27)15-3-2-4-18(12-15)31(28,29)25-17-8-6-16(22)7-9-17/h2-13,25-26H,1H3,(H,24,27)/b23-13+. The molecule has 0 radical (unpaired) electrons. The van der Waals surface area contributed by atoms with Crippen molar-refractivity contribution in [3.8, 4) is 11.5 Å². The zero-order valence-corrected chi connectivity index (χ0v) is 17.8. The summed E-state index contributed by atoms with van der Waals surface area (Å²) in [6, 6.07) is 16.3. The summed E-state index contributed by atoms with van der Waals surface area (Å²) in [7, 11) is -2.49. The van der Waals surface area contributed by atoms with Gasteiger partial charge in [-0.2, -0.15) is 5.10 Å². The van der Waals surface area contributed by atoms with Crippen LogP contribution in [0.4, 0.5) is 5.69 Å². The minimum Gasteiger partial charge on any atom is -0.504 e. The number of hydrogen-bond acceptors (Lipinski definition) is 6. The monoisotopic (exact) mass is 459 g/mol. The topological polar surface area (TPSA) is 117 Å². The summed E-state index contributed by atoms with van der Waals surface area (Å²) in [4.78, 5) is 12.3. The maximum Gasteiger partial charge on any atom is 0.271 e. The molecule has 0 aliphatic carbocycles. The van der Waals surface area contributed by atoms with Gasteiger partial charge >= 0.3 is 0 Å². The Morgan fingerprint density at radius 2 is 1.84 bits per heavy atom. The smallest absolute Gasteiger partial charge is 0.271 e. The maximum atomic E-state index is 12.6. The average molecular weight is 460 g/mol. The minimum absolute atomic E-state index is 0.0195. The first-order valence-corrected chi connectivity index (χ1v) is 10.7. The molecule has 3 aromatic rings. The van der Waals surface area contributed by atoms with E-state index >= 15 is 0 Å². The van der Waals surface area contributed by atoms with Gasteiger partial charge in [0.15, 0.2) is 11.5 Å². The van der Waals surface area contributed by atoms with Crippen LogP contribution in [0.1, 0.15) is 15.9 Å². The van der Waals surface area contributed by atoms with Crippen LogP contribution in [0.15, 0.2) is 76.7 Å². The van der Waals surface area contributed by atoms with Gasteiger partial charge in [-0.25, -0.2) is 13.8 Å². The van der Waals surface area contributed by atoms with E-state index in [-0.39, 0.29) is 22.0 Å². The number of benzene rings is 3. The van der Waals surface area contributed by atoms with Crippen LogP contribution in [0.2, 0.25) is 5.02 Å². The summed E-state index contributed by atoms with van der Waals surface area (Å²) in [5.41, 5.74) is 3.36. The highest BCUT2D eigenvalue weighted by molar-refractivity contribution is 7.92. The molecule has 0 spiro atoms. The van der Waals surface area contributed by atoms with Crippen molar-refractivity contribution >= 4 is 39.4 Å².